The molecule has 0 bridgehead atoms. The van der Waals surface area contributed by atoms with Crippen LogP contribution in [0.4, 0.5) is 0 Å². The lowest BCUT2D eigenvalue weighted by molar-refractivity contribution is -0.119. The Morgan fingerprint density at radius 1 is 1.37 bits per heavy atom. The lowest BCUT2D eigenvalue weighted by Gasteiger charge is -1.98. The van der Waals surface area contributed by atoms with Gasteiger partial charge in [0.1, 0.15) is 5.78 Å². The Hall–Kier alpha value is -1.68. The van der Waals surface area contributed by atoms with Crippen molar-refractivity contribution in [2.24, 2.45) is 5.92 Å². The van der Waals surface area contributed by atoms with Crippen molar-refractivity contribution in [1.82, 2.24) is 10.1 Å². The molecule has 5 heteroatoms. The highest BCUT2D eigenvalue weighted by molar-refractivity contribution is 6.31. The van der Waals surface area contributed by atoms with Crippen LogP contribution in [0.5, 0.6) is 0 Å². The molecule has 1 aromatic carbocycles. The van der Waals surface area contributed by atoms with Crippen molar-refractivity contribution in [3.63, 3.8) is 0 Å². The van der Waals surface area contributed by atoms with Crippen LogP contribution in [0.3, 0.4) is 0 Å². The van der Waals surface area contributed by atoms with Gasteiger partial charge in [0.25, 0.3) is 0 Å². The Balaban J connectivity index is 1.67. The molecule has 0 aliphatic heterocycles. The van der Waals surface area contributed by atoms with Crippen molar-refractivity contribution >= 4 is 17.4 Å². The number of nitrogens with zero attached hydrogens (tertiary/aromatic N) is 2. The molecular weight excluding hydrogens is 264 g/mol. The summed E-state index contributed by atoms with van der Waals surface area (Å²) < 4.78 is 5.10. The Morgan fingerprint density at radius 2 is 2.16 bits per heavy atom. The van der Waals surface area contributed by atoms with E-state index in [0.717, 1.165) is 18.4 Å². The minimum atomic E-state index is 0.202. The number of halogens is 1. The summed E-state index contributed by atoms with van der Waals surface area (Å²) >= 11 is 6.07. The lowest BCUT2D eigenvalue weighted by atomic mass is 10.1. The Bertz CT molecular complexity index is 605. The van der Waals surface area contributed by atoms with Gasteiger partial charge in [-0.15, -0.1) is 0 Å². The second kappa shape index (κ2) is 5.13. The molecule has 1 aromatic heterocycles. The number of rotatable bonds is 5. The van der Waals surface area contributed by atoms with E-state index in [4.69, 9.17) is 16.1 Å². The molecular formula is C14H13ClN2O2. The topological polar surface area (TPSA) is 56.0 Å². The van der Waals surface area contributed by atoms with E-state index < -0.39 is 0 Å². The average molecular weight is 277 g/mol. The molecule has 0 N–H and O–H groups in total. The van der Waals surface area contributed by atoms with Crippen LogP contribution in [0, 0.1) is 5.92 Å². The van der Waals surface area contributed by atoms with E-state index in [-0.39, 0.29) is 18.1 Å². The summed E-state index contributed by atoms with van der Waals surface area (Å²) in [5, 5.41) is 4.57. The molecule has 1 heterocycles. The molecule has 1 saturated carbocycles. The third-order valence-electron chi connectivity index (χ3n) is 3.17. The van der Waals surface area contributed by atoms with Crippen molar-refractivity contribution in [3.05, 3.63) is 46.6 Å². The molecule has 3 rings (SSSR count). The first-order valence-electron chi connectivity index (χ1n) is 6.30. The fourth-order valence-corrected chi connectivity index (χ4v) is 2.15. The van der Waals surface area contributed by atoms with Crippen LogP contribution in [-0.2, 0) is 17.6 Å². The minimum absolute atomic E-state index is 0.202. The fraction of sp³-hybridized carbons (Fsp3) is 0.357. The molecule has 0 unspecified atom stereocenters. The van der Waals surface area contributed by atoms with Crippen LogP contribution >= 0.6 is 11.6 Å². The van der Waals surface area contributed by atoms with Gasteiger partial charge in [0.2, 0.25) is 5.89 Å². The van der Waals surface area contributed by atoms with Gasteiger partial charge in [-0.2, -0.15) is 4.98 Å². The lowest BCUT2D eigenvalue weighted by Crippen LogP contribution is -2.05. The quantitative estimate of drug-likeness (QED) is 0.843. The normalized spacial score (nSPS) is 14.6. The number of hydrogen-bond donors (Lipinski definition) is 0. The van der Waals surface area contributed by atoms with Crippen molar-refractivity contribution in [1.29, 1.82) is 0 Å². The molecule has 0 saturated heterocycles. The van der Waals surface area contributed by atoms with Gasteiger partial charge in [-0.05, 0) is 24.5 Å². The SMILES string of the molecule is O=C(Cc1nc(Cc2ccccc2Cl)no1)C1CC1. The molecule has 0 radical (unpaired) electrons. The van der Waals surface area contributed by atoms with Crippen molar-refractivity contribution in [3.8, 4) is 0 Å². The van der Waals surface area contributed by atoms with Crippen LogP contribution < -0.4 is 0 Å². The fourth-order valence-electron chi connectivity index (χ4n) is 1.94. The second-order valence-corrected chi connectivity index (χ2v) is 5.20. The first kappa shape index (κ1) is 12.4. The van der Waals surface area contributed by atoms with Crippen LogP contribution in [0.2, 0.25) is 5.02 Å². The highest BCUT2D eigenvalue weighted by atomic mass is 35.5. The molecule has 98 valence electrons. The maximum absolute atomic E-state index is 11.6. The number of hydrogen-bond acceptors (Lipinski definition) is 4. The van der Waals surface area contributed by atoms with Crippen LogP contribution in [0.1, 0.15) is 30.1 Å². The van der Waals surface area contributed by atoms with Crippen molar-refractivity contribution in [2.45, 2.75) is 25.7 Å². The summed E-state index contributed by atoms with van der Waals surface area (Å²) in [6.45, 7) is 0. The van der Waals surface area contributed by atoms with E-state index >= 15 is 0 Å². The summed E-state index contributed by atoms with van der Waals surface area (Å²) in [5.41, 5.74) is 0.949. The molecule has 2 aromatic rings. The van der Waals surface area contributed by atoms with E-state index in [1.165, 1.54) is 0 Å². The predicted octanol–water partition coefficient (Wildman–Crippen LogP) is 2.84. The Kier molecular flexibility index (Phi) is 3.34. The van der Waals surface area contributed by atoms with E-state index in [0.29, 0.717) is 23.2 Å². The standard InChI is InChI=1S/C14H13ClN2O2/c15-11-4-2-1-3-10(11)7-13-16-14(19-17-13)8-12(18)9-5-6-9/h1-4,9H,5-8H2. The van der Waals surface area contributed by atoms with Crippen LogP contribution in [0.15, 0.2) is 28.8 Å². The first-order valence-corrected chi connectivity index (χ1v) is 6.68. The van der Waals surface area contributed by atoms with E-state index in [9.17, 15) is 4.79 Å². The van der Waals surface area contributed by atoms with E-state index in [1.807, 2.05) is 24.3 Å². The number of benzene rings is 1. The predicted molar refractivity (Wildman–Crippen MR) is 70.0 cm³/mol. The number of carbonyl (C=O) groups is 1. The average Bonchev–Trinajstić information content (AvgIpc) is 3.16. The molecule has 19 heavy (non-hydrogen) atoms. The number of ketones is 1. The molecule has 0 spiro atoms. The van der Waals surface area contributed by atoms with Gasteiger partial charge < -0.3 is 4.52 Å². The highest BCUT2D eigenvalue weighted by Gasteiger charge is 2.30. The summed E-state index contributed by atoms with van der Waals surface area (Å²) in [7, 11) is 0. The smallest absolute Gasteiger partial charge is 0.234 e. The maximum Gasteiger partial charge on any atom is 0.234 e. The molecule has 1 aliphatic carbocycles. The van der Waals surface area contributed by atoms with Crippen molar-refractivity contribution < 1.29 is 9.32 Å². The molecule has 0 atom stereocenters. The molecule has 4 nitrogen and oxygen atoms in total. The van der Waals surface area contributed by atoms with Gasteiger partial charge in [-0.25, -0.2) is 0 Å². The zero-order valence-corrected chi connectivity index (χ0v) is 11.1. The Labute approximate surface area is 115 Å². The van der Waals surface area contributed by atoms with Crippen LogP contribution in [0.25, 0.3) is 0 Å². The van der Waals surface area contributed by atoms with Gasteiger partial charge >= 0.3 is 0 Å². The molecule has 1 fully saturated rings. The van der Waals surface area contributed by atoms with Crippen LogP contribution in [-0.4, -0.2) is 15.9 Å². The summed E-state index contributed by atoms with van der Waals surface area (Å²) in [5.74, 6) is 1.39. The third-order valence-corrected chi connectivity index (χ3v) is 3.54. The monoisotopic (exact) mass is 276 g/mol. The summed E-state index contributed by atoms with van der Waals surface area (Å²) in [6.07, 6.45) is 2.76. The number of carbonyl (C=O) groups excluding carboxylic acids is 1. The number of Topliss-reactive ketones (excluding diaryl/α,β-unsaturated/α-hetero) is 1. The largest absolute Gasteiger partial charge is 0.339 e. The van der Waals surface area contributed by atoms with Gasteiger partial charge in [-0.1, -0.05) is 35.0 Å². The highest BCUT2D eigenvalue weighted by Crippen LogP contribution is 2.30. The molecule has 1 aliphatic rings. The van der Waals surface area contributed by atoms with E-state index in [1.54, 1.807) is 0 Å². The third kappa shape index (κ3) is 3.01. The van der Waals surface area contributed by atoms with Crippen molar-refractivity contribution in [2.75, 3.05) is 0 Å². The van der Waals surface area contributed by atoms with Gasteiger partial charge in [0, 0.05) is 17.4 Å². The minimum Gasteiger partial charge on any atom is -0.339 e. The number of aromatic nitrogens is 2. The van der Waals surface area contributed by atoms with E-state index in [2.05, 4.69) is 10.1 Å². The zero-order valence-electron chi connectivity index (χ0n) is 10.3. The maximum atomic E-state index is 11.6. The van der Waals surface area contributed by atoms with Gasteiger partial charge in [0.05, 0.1) is 6.42 Å². The second-order valence-electron chi connectivity index (χ2n) is 4.79. The van der Waals surface area contributed by atoms with Gasteiger partial charge in [-0.3, -0.25) is 4.79 Å². The molecule has 0 amide bonds. The van der Waals surface area contributed by atoms with Gasteiger partial charge in [0.15, 0.2) is 5.82 Å². The zero-order chi connectivity index (χ0) is 13.2. The summed E-state index contributed by atoms with van der Waals surface area (Å²) in [6, 6.07) is 7.54. The summed E-state index contributed by atoms with van der Waals surface area (Å²) in [4.78, 5) is 15.9. The Morgan fingerprint density at radius 3 is 2.89 bits per heavy atom. The first-order chi connectivity index (χ1) is 9.22.